The van der Waals surface area contributed by atoms with Crippen LogP contribution in [0.3, 0.4) is 0 Å². The molecule has 0 bridgehead atoms. The minimum atomic E-state index is -1.51. The van der Waals surface area contributed by atoms with Gasteiger partial charge in [-0.05, 0) is 38.9 Å². The third-order valence-corrected chi connectivity index (χ3v) is 13.6. The molecule has 2 aliphatic rings. The summed E-state index contributed by atoms with van der Waals surface area (Å²) in [5, 5.41) is 24.6. The van der Waals surface area contributed by atoms with Crippen LogP contribution in [0.4, 0.5) is 4.79 Å². The predicted octanol–water partition coefficient (Wildman–Crippen LogP) is 9.61. The van der Waals surface area contributed by atoms with Crippen LogP contribution in [-0.2, 0) is 88.9 Å². The van der Waals surface area contributed by atoms with Gasteiger partial charge in [-0.2, -0.15) is 0 Å². The molecule has 13 heteroatoms. The van der Waals surface area contributed by atoms with E-state index in [9.17, 15) is 15.0 Å². The first-order valence-electron chi connectivity index (χ1n) is 25.9. The molecular weight excluding hydrogens is 963 g/mol. The van der Waals surface area contributed by atoms with Crippen molar-refractivity contribution in [2.24, 2.45) is 0 Å². The van der Waals surface area contributed by atoms with Gasteiger partial charge in [-0.1, -0.05) is 212 Å². The molecule has 2 aliphatic heterocycles. The quantitative estimate of drug-likeness (QED) is 0.0563. The number of nitrogens with zero attached hydrogens (tertiary/aromatic N) is 1. The van der Waals surface area contributed by atoms with Gasteiger partial charge in [-0.15, -0.1) is 0 Å². The van der Waals surface area contributed by atoms with Gasteiger partial charge in [-0.3, -0.25) is 4.90 Å². The largest absolute Gasteiger partial charge is 0.445 e. The van der Waals surface area contributed by atoms with Gasteiger partial charge in [0.25, 0.3) is 0 Å². The average Bonchev–Trinajstić information content (AvgIpc) is 3.49. The summed E-state index contributed by atoms with van der Waals surface area (Å²) < 4.78 is 60.9. The summed E-state index contributed by atoms with van der Waals surface area (Å²) in [5.74, 6) is 0. The second-order valence-electron chi connectivity index (χ2n) is 18.9. The molecule has 2 N–H and O–H groups in total. The van der Waals surface area contributed by atoms with Crippen molar-refractivity contribution in [2.45, 2.75) is 107 Å². The molecule has 2 saturated heterocycles. The maximum absolute atomic E-state index is 14.6. The number of benzene rings is 7. The van der Waals surface area contributed by atoms with E-state index in [1.165, 1.54) is 4.90 Å². The van der Waals surface area contributed by atoms with E-state index in [-0.39, 0.29) is 59.5 Å². The van der Waals surface area contributed by atoms with Crippen molar-refractivity contribution in [1.82, 2.24) is 4.90 Å². The first-order valence-corrected chi connectivity index (χ1v) is 25.9. The zero-order valence-corrected chi connectivity index (χ0v) is 42.5. The molecule has 0 saturated carbocycles. The SMILES string of the molecule is O=C(OCc1ccccc1)N1[C@H](COCc2ccccc2)[C@@H](O)[C@@H](O[C@H]2O[C@H](COCc3ccccc3)[C@@H](OCc3ccccc3)[C@H](OCc3ccccc3)[C@H]2OCc2ccccc2)[C@H](OCc2ccccc2)[C@H]1CO. The lowest BCUT2D eigenvalue weighted by atomic mass is 9.87. The molecule has 0 unspecified atom stereocenters. The second kappa shape index (κ2) is 28.5. The molecule has 10 atom stereocenters. The second-order valence-corrected chi connectivity index (χ2v) is 18.9. The van der Waals surface area contributed by atoms with E-state index in [1.807, 2.05) is 212 Å². The Kier molecular flexibility index (Phi) is 20.3. The number of amides is 1. The maximum atomic E-state index is 14.6. The third kappa shape index (κ3) is 15.1. The van der Waals surface area contributed by atoms with Gasteiger partial charge < -0.3 is 52.8 Å². The van der Waals surface area contributed by atoms with E-state index in [4.69, 9.17) is 42.6 Å². The van der Waals surface area contributed by atoms with E-state index < -0.39 is 73.8 Å². The molecule has 76 heavy (non-hydrogen) atoms. The van der Waals surface area contributed by atoms with Crippen LogP contribution in [0.25, 0.3) is 0 Å². The Morgan fingerprint density at radius 2 is 0.763 bits per heavy atom. The average molecular weight is 1030 g/mol. The first kappa shape index (κ1) is 54.2. The summed E-state index contributed by atoms with van der Waals surface area (Å²) in [6.07, 6.45) is -9.47. The van der Waals surface area contributed by atoms with Gasteiger partial charge in [-0.25, -0.2) is 4.79 Å². The lowest BCUT2D eigenvalue weighted by Crippen LogP contribution is -2.72. The molecular formula is C63H67NO12. The number of rotatable bonds is 25. The zero-order chi connectivity index (χ0) is 52.2. The van der Waals surface area contributed by atoms with E-state index >= 15 is 0 Å². The predicted molar refractivity (Wildman–Crippen MR) is 285 cm³/mol. The number of hydrogen-bond acceptors (Lipinski definition) is 12. The maximum Gasteiger partial charge on any atom is 0.410 e. The van der Waals surface area contributed by atoms with Gasteiger partial charge in [0.15, 0.2) is 6.29 Å². The highest BCUT2D eigenvalue weighted by atomic mass is 16.7. The molecule has 7 aromatic carbocycles. The number of ether oxygens (including phenoxy) is 9. The Bertz CT molecular complexity index is 2710. The summed E-state index contributed by atoms with van der Waals surface area (Å²) in [4.78, 5) is 16.0. The lowest BCUT2D eigenvalue weighted by molar-refractivity contribution is -0.353. The zero-order valence-electron chi connectivity index (χ0n) is 42.5. The molecule has 1 amide bonds. The number of likely N-dealkylation sites (tertiary alicyclic amines) is 1. The Balaban J connectivity index is 1.10. The number of piperidine rings is 1. The molecule has 0 aromatic heterocycles. The van der Waals surface area contributed by atoms with Gasteiger partial charge in [0.05, 0.1) is 71.5 Å². The number of aliphatic hydroxyl groups is 2. The van der Waals surface area contributed by atoms with E-state index in [2.05, 4.69) is 0 Å². The fourth-order valence-corrected chi connectivity index (χ4v) is 9.65. The molecule has 2 heterocycles. The highest BCUT2D eigenvalue weighted by Gasteiger charge is 2.56. The molecule has 7 aromatic rings. The molecule has 0 spiro atoms. The van der Waals surface area contributed by atoms with Crippen LogP contribution in [-0.4, -0.2) is 102 Å². The van der Waals surface area contributed by atoms with E-state index in [0.29, 0.717) is 0 Å². The molecule has 0 aliphatic carbocycles. The number of carbonyl (C=O) groups excluding carboxylic acids is 1. The summed E-state index contributed by atoms with van der Waals surface area (Å²) >= 11 is 0. The topological polar surface area (TPSA) is 144 Å². The highest BCUT2D eigenvalue weighted by molar-refractivity contribution is 5.69. The van der Waals surface area contributed by atoms with Crippen LogP contribution >= 0.6 is 0 Å². The van der Waals surface area contributed by atoms with Gasteiger partial charge in [0.2, 0.25) is 0 Å². The van der Waals surface area contributed by atoms with Crippen molar-refractivity contribution in [2.75, 3.05) is 19.8 Å². The summed E-state index contributed by atoms with van der Waals surface area (Å²) in [6.45, 7) is 0.315. The number of hydrogen-bond donors (Lipinski definition) is 2. The van der Waals surface area contributed by atoms with Crippen LogP contribution in [0.5, 0.6) is 0 Å². The molecule has 13 nitrogen and oxygen atoms in total. The van der Waals surface area contributed by atoms with Crippen molar-refractivity contribution in [1.29, 1.82) is 0 Å². The minimum Gasteiger partial charge on any atom is -0.445 e. The summed E-state index contributed by atoms with van der Waals surface area (Å²) in [7, 11) is 0. The summed E-state index contributed by atoms with van der Waals surface area (Å²) in [5.41, 5.74) is 6.20. The minimum absolute atomic E-state index is 0.0459. The Labute approximate surface area is 445 Å². The fraction of sp³-hybridized carbons (Fsp3) is 0.317. The summed E-state index contributed by atoms with van der Waals surface area (Å²) in [6, 6.07) is 65.6. The Hall–Kier alpha value is -6.59. The first-order chi connectivity index (χ1) is 37.5. The smallest absolute Gasteiger partial charge is 0.410 e. The Morgan fingerprint density at radius 3 is 1.18 bits per heavy atom. The normalized spacial score (nSPS) is 23.5. The van der Waals surface area contributed by atoms with E-state index in [1.54, 1.807) is 0 Å². The molecule has 0 radical (unpaired) electrons. The van der Waals surface area contributed by atoms with Crippen LogP contribution < -0.4 is 0 Å². The number of aliphatic hydroxyl groups excluding tert-OH is 2. The van der Waals surface area contributed by atoms with Gasteiger partial charge >= 0.3 is 6.09 Å². The van der Waals surface area contributed by atoms with Crippen LogP contribution in [0.1, 0.15) is 38.9 Å². The van der Waals surface area contributed by atoms with Crippen molar-refractivity contribution in [3.05, 3.63) is 251 Å². The van der Waals surface area contributed by atoms with Crippen LogP contribution in [0.2, 0.25) is 0 Å². The van der Waals surface area contributed by atoms with Gasteiger partial charge in [0, 0.05) is 0 Å². The molecule has 396 valence electrons. The van der Waals surface area contributed by atoms with Crippen LogP contribution in [0.15, 0.2) is 212 Å². The monoisotopic (exact) mass is 1030 g/mol. The van der Waals surface area contributed by atoms with Crippen molar-refractivity contribution >= 4 is 6.09 Å². The number of carbonyl (C=O) groups is 1. The lowest BCUT2D eigenvalue weighted by Gasteiger charge is -2.52. The van der Waals surface area contributed by atoms with Crippen molar-refractivity contribution < 1.29 is 57.6 Å². The van der Waals surface area contributed by atoms with Crippen molar-refractivity contribution in [3.8, 4) is 0 Å². The highest BCUT2D eigenvalue weighted by Crippen LogP contribution is 2.37. The fourth-order valence-electron chi connectivity index (χ4n) is 9.65. The third-order valence-electron chi connectivity index (χ3n) is 13.6. The van der Waals surface area contributed by atoms with Gasteiger partial charge in [0.1, 0.15) is 49.3 Å². The van der Waals surface area contributed by atoms with Crippen molar-refractivity contribution in [3.63, 3.8) is 0 Å². The Morgan fingerprint density at radius 1 is 0.408 bits per heavy atom. The molecule has 9 rings (SSSR count). The van der Waals surface area contributed by atoms with Crippen LogP contribution in [0, 0.1) is 0 Å². The standard InChI is InChI=1S/C63H67NO12/c65-36-53-57(70-39-48-26-12-3-13-27-48)59(56(66)54(44-68-37-46-22-8-1-9-23-46)64(53)63(67)74-43-52-34-20-7-21-35-52)76-62-61(73-42-51-32-18-6-19-33-51)60(72-41-50-30-16-5-17-31-50)58(71-40-49-28-14-4-15-29-49)55(75-62)45-69-38-47-24-10-2-11-25-47/h1-35,53-62,65-66H,36-45H2/t53-,54-,55-,56-,57-,58-,59-,60+,61-,62-/m1/s1. The molecule has 2 fully saturated rings. The van der Waals surface area contributed by atoms with E-state index in [0.717, 1.165) is 38.9 Å².